The van der Waals surface area contributed by atoms with E-state index < -0.39 is 35.7 Å². The van der Waals surface area contributed by atoms with Crippen molar-refractivity contribution in [2.45, 2.75) is 24.9 Å². The molecule has 1 aliphatic heterocycles. The van der Waals surface area contributed by atoms with Gasteiger partial charge in [-0.2, -0.15) is 13.2 Å². The number of rotatable bonds is 6. The van der Waals surface area contributed by atoms with Gasteiger partial charge in [-0.25, -0.2) is 4.79 Å². The highest BCUT2D eigenvalue weighted by Gasteiger charge is 2.66. The zero-order valence-electron chi connectivity index (χ0n) is 18.2. The van der Waals surface area contributed by atoms with Gasteiger partial charge in [-0.3, -0.25) is 4.79 Å². The average Bonchev–Trinajstić information content (AvgIpc) is 2.76. The second-order valence-corrected chi connectivity index (χ2v) is 7.51. The van der Waals surface area contributed by atoms with E-state index in [2.05, 4.69) is 5.32 Å². The first kappa shape index (κ1) is 24.2. The van der Waals surface area contributed by atoms with Crippen LogP contribution < -0.4 is 24.8 Å². The molecular formula is C22H23F3N2O6. The van der Waals surface area contributed by atoms with Crippen molar-refractivity contribution in [2.75, 3.05) is 21.3 Å². The zero-order chi connectivity index (χ0) is 24.6. The monoisotopic (exact) mass is 468 g/mol. The molecule has 11 heteroatoms. The summed E-state index contributed by atoms with van der Waals surface area (Å²) < 4.78 is 57.9. The molecule has 0 aliphatic carbocycles. The van der Waals surface area contributed by atoms with Crippen LogP contribution in [0.2, 0.25) is 0 Å². The molecule has 0 saturated carbocycles. The normalized spacial score (nSPS) is 22.7. The predicted octanol–water partition coefficient (Wildman–Crippen LogP) is 3.12. The number of ketones is 1. The number of alkyl halides is 3. The third kappa shape index (κ3) is 4.28. The highest BCUT2D eigenvalue weighted by Crippen LogP contribution is 2.47. The van der Waals surface area contributed by atoms with Crippen LogP contribution in [-0.2, 0) is 0 Å². The maximum atomic E-state index is 14.1. The Hall–Kier alpha value is -3.47. The SMILES string of the molecule is COc1cc([C@@H]2NC(=O)N[C@@](O)(C(F)(F)F)[C@@H]2C(=O)c2ccc(C)cc2)cc(OC)c1OC. The minimum Gasteiger partial charge on any atom is -0.493 e. The molecule has 33 heavy (non-hydrogen) atoms. The van der Waals surface area contributed by atoms with E-state index in [0.717, 1.165) is 5.56 Å². The molecule has 3 atom stereocenters. The fourth-order valence-electron chi connectivity index (χ4n) is 3.80. The first-order chi connectivity index (χ1) is 15.5. The Morgan fingerprint density at radius 3 is 2.03 bits per heavy atom. The molecule has 0 radical (unpaired) electrons. The number of carbonyl (C=O) groups is 2. The Morgan fingerprint density at radius 2 is 1.58 bits per heavy atom. The van der Waals surface area contributed by atoms with Gasteiger partial charge in [0, 0.05) is 5.56 Å². The third-order valence-corrected chi connectivity index (χ3v) is 5.47. The Labute approximate surface area is 187 Å². The maximum absolute atomic E-state index is 14.1. The van der Waals surface area contributed by atoms with E-state index in [0.29, 0.717) is 0 Å². The first-order valence-electron chi connectivity index (χ1n) is 9.75. The molecule has 1 heterocycles. The molecule has 1 aliphatic rings. The molecule has 2 amide bonds. The molecule has 178 valence electrons. The summed E-state index contributed by atoms with van der Waals surface area (Å²) in [6.45, 7) is 1.75. The summed E-state index contributed by atoms with van der Waals surface area (Å²) in [5, 5.41) is 14.5. The largest absolute Gasteiger partial charge is 0.493 e. The highest BCUT2D eigenvalue weighted by molar-refractivity contribution is 6.00. The molecule has 1 fully saturated rings. The number of urea groups is 1. The van der Waals surface area contributed by atoms with Gasteiger partial charge in [0.15, 0.2) is 17.3 Å². The van der Waals surface area contributed by atoms with E-state index in [4.69, 9.17) is 14.2 Å². The topological polar surface area (TPSA) is 106 Å². The third-order valence-electron chi connectivity index (χ3n) is 5.47. The number of aliphatic hydroxyl groups is 1. The van der Waals surface area contributed by atoms with Gasteiger partial charge < -0.3 is 30.0 Å². The first-order valence-corrected chi connectivity index (χ1v) is 9.75. The molecule has 0 unspecified atom stereocenters. The molecule has 0 bridgehead atoms. The lowest BCUT2D eigenvalue weighted by Gasteiger charge is -2.45. The number of ether oxygens (including phenoxy) is 3. The van der Waals surface area contributed by atoms with E-state index >= 15 is 0 Å². The predicted molar refractivity (Wildman–Crippen MR) is 111 cm³/mol. The van der Waals surface area contributed by atoms with Gasteiger partial charge in [0.25, 0.3) is 0 Å². The van der Waals surface area contributed by atoms with Crippen LogP contribution in [0, 0.1) is 12.8 Å². The van der Waals surface area contributed by atoms with Crippen LogP contribution >= 0.6 is 0 Å². The molecule has 8 nitrogen and oxygen atoms in total. The molecule has 0 aromatic heterocycles. The van der Waals surface area contributed by atoms with Crippen LogP contribution in [0.1, 0.15) is 27.5 Å². The zero-order valence-corrected chi connectivity index (χ0v) is 18.2. The van der Waals surface area contributed by atoms with Gasteiger partial charge in [0.05, 0.1) is 27.4 Å². The van der Waals surface area contributed by atoms with Crippen molar-refractivity contribution < 1.29 is 42.1 Å². The van der Waals surface area contributed by atoms with Crippen molar-refractivity contribution in [2.24, 2.45) is 5.92 Å². The van der Waals surface area contributed by atoms with Crippen molar-refractivity contribution in [3.8, 4) is 17.2 Å². The second-order valence-electron chi connectivity index (χ2n) is 7.51. The Balaban J connectivity index is 2.24. The van der Waals surface area contributed by atoms with Crippen LogP contribution in [0.25, 0.3) is 0 Å². The van der Waals surface area contributed by atoms with E-state index in [9.17, 15) is 27.9 Å². The van der Waals surface area contributed by atoms with Crippen LogP contribution in [-0.4, -0.2) is 50.2 Å². The number of amides is 2. The van der Waals surface area contributed by atoms with Gasteiger partial charge >= 0.3 is 12.2 Å². The van der Waals surface area contributed by atoms with Gasteiger partial charge in [-0.1, -0.05) is 29.8 Å². The number of hydrogen-bond acceptors (Lipinski definition) is 6. The van der Waals surface area contributed by atoms with Crippen molar-refractivity contribution in [3.05, 3.63) is 53.1 Å². The maximum Gasteiger partial charge on any atom is 0.437 e. The summed E-state index contributed by atoms with van der Waals surface area (Å²) in [5.41, 5.74) is -3.09. The molecule has 3 N–H and O–H groups in total. The summed E-state index contributed by atoms with van der Waals surface area (Å²) in [6, 6.07) is 5.56. The lowest BCUT2D eigenvalue weighted by Crippen LogP contribution is -2.72. The number of halogens is 3. The van der Waals surface area contributed by atoms with E-state index in [1.807, 2.05) is 0 Å². The van der Waals surface area contributed by atoms with Crippen molar-refractivity contribution in [1.29, 1.82) is 0 Å². The van der Waals surface area contributed by atoms with Gasteiger partial charge in [0.1, 0.15) is 5.92 Å². The van der Waals surface area contributed by atoms with E-state index in [-0.39, 0.29) is 28.4 Å². The van der Waals surface area contributed by atoms with Gasteiger partial charge in [-0.15, -0.1) is 0 Å². The van der Waals surface area contributed by atoms with Gasteiger partial charge in [0.2, 0.25) is 11.5 Å². The molecule has 3 rings (SSSR count). The molecule has 1 saturated heterocycles. The van der Waals surface area contributed by atoms with Crippen molar-refractivity contribution in [3.63, 3.8) is 0 Å². The minimum absolute atomic E-state index is 0.0347. The van der Waals surface area contributed by atoms with E-state index in [1.54, 1.807) is 19.1 Å². The summed E-state index contributed by atoms with van der Waals surface area (Å²) in [6.07, 6.45) is -5.37. The summed E-state index contributed by atoms with van der Waals surface area (Å²) in [5.74, 6) is -2.85. The number of benzene rings is 2. The van der Waals surface area contributed by atoms with Crippen LogP contribution in [0.5, 0.6) is 17.2 Å². The second kappa shape index (κ2) is 8.81. The summed E-state index contributed by atoms with van der Waals surface area (Å²) in [7, 11) is 3.96. The standard InChI is InChI=1S/C22H23F3N2O6/c1-11-5-7-12(8-6-11)18(28)16-17(26-20(29)27-21(16,30)22(23,24)25)13-9-14(31-2)19(33-4)15(10-13)32-3/h5-10,16-17,30H,1-4H3,(H2,26,27,29)/t16-,17-,21-/m0/s1. The van der Waals surface area contributed by atoms with Crippen molar-refractivity contribution >= 4 is 11.8 Å². The fourth-order valence-corrected chi connectivity index (χ4v) is 3.80. The quantitative estimate of drug-likeness (QED) is 0.563. The number of carbonyl (C=O) groups excluding carboxylic acids is 2. The number of Topliss-reactive ketones (excluding diaryl/α,β-unsaturated/α-hetero) is 1. The van der Waals surface area contributed by atoms with Gasteiger partial charge in [-0.05, 0) is 24.6 Å². The molecule has 2 aromatic rings. The number of hydrogen-bond donors (Lipinski definition) is 3. The smallest absolute Gasteiger partial charge is 0.437 e. The molecular weight excluding hydrogens is 445 g/mol. The fraction of sp³-hybridized carbons (Fsp3) is 0.364. The van der Waals surface area contributed by atoms with Crippen LogP contribution in [0.3, 0.4) is 0 Å². The Bertz CT molecular complexity index is 1030. The van der Waals surface area contributed by atoms with E-state index in [1.165, 1.54) is 50.9 Å². The molecule has 2 aromatic carbocycles. The minimum atomic E-state index is -5.37. The van der Waals surface area contributed by atoms with Crippen LogP contribution in [0.15, 0.2) is 36.4 Å². The molecule has 0 spiro atoms. The number of aryl methyl sites for hydroxylation is 1. The lowest BCUT2D eigenvalue weighted by atomic mass is 9.77. The van der Waals surface area contributed by atoms with Crippen LogP contribution in [0.4, 0.5) is 18.0 Å². The highest BCUT2D eigenvalue weighted by atomic mass is 19.4. The summed E-state index contributed by atoms with van der Waals surface area (Å²) in [4.78, 5) is 25.6. The lowest BCUT2D eigenvalue weighted by molar-refractivity contribution is -0.287. The summed E-state index contributed by atoms with van der Waals surface area (Å²) >= 11 is 0. The number of methoxy groups -OCH3 is 3. The number of nitrogens with one attached hydrogen (secondary N) is 2. The Kier molecular flexibility index (Phi) is 6.46. The Morgan fingerprint density at radius 1 is 1.03 bits per heavy atom. The van der Waals surface area contributed by atoms with Crippen molar-refractivity contribution in [1.82, 2.24) is 10.6 Å². The average molecular weight is 468 g/mol.